The van der Waals surface area contributed by atoms with E-state index in [1.165, 1.54) is 21.3 Å². The highest BCUT2D eigenvalue weighted by Gasteiger charge is 2.15. The molecule has 2 aromatic heterocycles. The van der Waals surface area contributed by atoms with Crippen molar-refractivity contribution in [1.82, 2.24) is 9.97 Å². The van der Waals surface area contributed by atoms with E-state index in [4.69, 9.17) is 14.2 Å². The van der Waals surface area contributed by atoms with E-state index >= 15 is 0 Å². The van der Waals surface area contributed by atoms with Crippen molar-refractivity contribution >= 4 is 34.0 Å². The maximum absolute atomic E-state index is 12.9. The number of nitrogens with zero attached hydrogens (tertiary/aromatic N) is 2. The van der Waals surface area contributed by atoms with Crippen LogP contribution in [0, 0.1) is 0 Å². The lowest BCUT2D eigenvalue weighted by atomic mass is 10.1. The van der Waals surface area contributed by atoms with Crippen LogP contribution < -0.4 is 24.8 Å². The van der Waals surface area contributed by atoms with Crippen LogP contribution in [0.5, 0.6) is 17.2 Å². The number of fused-ring (bicyclic) bond motifs is 1. The van der Waals surface area contributed by atoms with Gasteiger partial charge in [-0.2, -0.15) is 0 Å². The van der Waals surface area contributed by atoms with Crippen LogP contribution in [-0.4, -0.2) is 37.2 Å². The second-order valence-corrected chi connectivity index (χ2v) is 6.80. The average Bonchev–Trinajstić information content (AvgIpc) is 2.83. The number of aromatic nitrogens is 2. The van der Waals surface area contributed by atoms with Gasteiger partial charge in [-0.3, -0.25) is 4.79 Å². The van der Waals surface area contributed by atoms with Crippen molar-refractivity contribution in [3.8, 4) is 17.2 Å². The molecule has 0 saturated heterocycles. The fraction of sp³-hybridized carbons (Fsp3) is 0.125. The Bertz CT molecular complexity index is 1250. The van der Waals surface area contributed by atoms with Gasteiger partial charge in [-0.25, -0.2) is 9.97 Å². The molecule has 0 radical (unpaired) electrons. The topological polar surface area (TPSA) is 94.6 Å². The first-order chi connectivity index (χ1) is 15.6. The van der Waals surface area contributed by atoms with E-state index in [1.54, 1.807) is 36.7 Å². The molecule has 2 aromatic carbocycles. The second kappa shape index (κ2) is 9.22. The Labute approximate surface area is 185 Å². The normalized spacial score (nSPS) is 10.5. The molecule has 0 aliphatic rings. The third-order valence-electron chi connectivity index (χ3n) is 4.86. The van der Waals surface area contributed by atoms with E-state index < -0.39 is 0 Å². The number of pyridine rings is 2. The standard InChI is InChI=1S/C24H22N4O4/c1-30-19-13-17(14-20(31-2)22(19)32-3)27-24(29)16-9-10-25-21(12-16)28-23-18-7-5-4-6-15(18)8-11-26-23/h4-14H,1-3H3,(H,27,29)(H,25,26,28). The summed E-state index contributed by atoms with van der Waals surface area (Å²) in [6, 6.07) is 16.5. The van der Waals surface area contributed by atoms with Crippen LogP contribution in [0.15, 0.2) is 67.0 Å². The monoisotopic (exact) mass is 430 g/mol. The third-order valence-corrected chi connectivity index (χ3v) is 4.86. The molecular formula is C24H22N4O4. The quantitative estimate of drug-likeness (QED) is 0.441. The second-order valence-electron chi connectivity index (χ2n) is 6.80. The van der Waals surface area contributed by atoms with Gasteiger partial charge in [-0.05, 0) is 23.6 Å². The minimum Gasteiger partial charge on any atom is -0.493 e. The minimum absolute atomic E-state index is 0.310. The number of carbonyl (C=O) groups is 1. The van der Waals surface area contributed by atoms with Crippen molar-refractivity contribution in [3.63, 3.8) is 0 Å². The lowest BCUT2D eigenvalue weighted by Crippen LogP contribution is -2.13. The SMILES string of the molecule is COc1cc(NC(=O)c2ccnc(Nc3nccc4ccccc34)c2)cc(OC)c1OC. The number of amides is 1. The third kappa shape index (κ3) is 4.24. The summed E-state index contributed by atoms with van der Waals surface area (Å²) in [4.78, 5) is 21.6. The molecule has 0 fully saturated rings. The number of benzene rings is 2. The van der Waals surface area contributed by atoms with Crippen molar-refractivity contribution in [2.45, 2.75) is 0 Å². The summed E-state index contributed by atoms with van der Waals surface area (Å²) in [6.45, 7) is 0. The number of rotatable bonds is 7. The molecule has 162 valence electrons. The molecule has 4 aromatic rings. The van der Waals surface area contributed by atoms with Gasteiger partial charge in [0, 0.05) is 41.2 Å². The van der Waals surface area contributed by atoms with Crippen LogP contribution in [0.4, 0.5) is 17.3 Å². The molecule has 1 amide bonds. The van der Waals surface area contributed by atoms with Gasteiger partial charge < -0.3 is 24.8 Å². The Kier molecular flexibility index (Phi) is 6.03. The van der Waals surface area contributed by atoms with Crippen molar-refractivity contribution in [2.75, 3.05) is 32.0 Å². The molecule has 0 spiro atoms. The van der Waals surface area contributed by atoms with Gasteiger partial charge in [-0.1, -0.05) is 24.3 Å². The van der Waals surface area contributed by atoms with Crippen LogP contribution in [0.25, 0.3) is 10.8 Å². The fourth-order valence-corrected chi connectivity index (χ4v) is 3.34. The summed E-state index contributed by atoms with van der Waals surface area (Å²) in [5.74, 6) is 2.20. The van der Waals surface area contributed by atoms with Crippen LogP contribution in [-0.2, 0) is 0 Å². The molecule has 0 saturated carbocycles. The Hall–Kier alpha value is -4.33. The first-order valence-corrected chi connectivity index (χ1v) is 9.81. The van der Waals surface area contributed by atoms with Gasteiger partial charge >= 0.3 is 0 Å². The number of hydrogen-bond acceptors (Lipinski definition) is 7. The number of carbonyl (C=O) groups excluding carboxylic acids is 1. The predicted octanol–water partition coefficient (Wildman–Crippen LogP) is 4.65. The molecule has 32 heavy (non-hydrogen) atoms. The summed E-state index contributed by atoms with van der Waals surface area (Å²) >= 11 is 0. The van der Waals surface area contributed by atoms with Crippen LogP contribution >= 0.6 is 0 Å². The molecule has 2 N–H and O–H groups in total. The van der Waals surface area contributed by atoms with Crippen molar-refractivity contribution in [2.24, 2.45) is 0 Å². The molecule has 8 nitrogen and oxygen atoms in total. The molecule has 4 rings (SSSR count). The van der Waals surface area contributed by atoms with Gasteiger partial charge in [0.15, 0.2) is 11.5 Å². The van der Waals surface area contributed by atoms with Gasteiger partial charge in [0.05, 0.1) is 21.3 Å². The molecule has 0 aliphatic carbocycles. The van der Waals surface area contributed by atoms with Crippen molar-refractivity contribution in [1.29, 1.82) is 0 Å². The van der Waals surface area contributed by atoms with E-state index in [2.05, 4.69) is 20.6 Å². The van der Waals surface area contributed by atoms with Gasteiger partial charge in [0.2, 0.25) is 5.75 Å². The highest BCUT2D eigenvalue weighted by atomic mass is 16.5. The predicted molar refractivity (Wildman–Crippen MR) is 123 cm³/mol. The smallest absolute Gasteiger partial charge is 0.255 e. The van der Waals surface area contributed by atoms with E-state index in [0.717, 1.165) is 10.8 Å². The average molecular weight is 430 g/mol. The summed E-state index contributed by atoms with van der Waals surface area (Å²) in [6.07, 6.45) is 3.29. The maximum Gasteiger partial charge on any atom is 0.255 e. The zero-order valence-corrected chi connectivity index (χ0v) is 17.9. The highest BCUT2D eigenvalue weighted by Crippen LogP contribution is 2.40. The lowest BCUT2D eigenvalue weighted by molar-refractivity contribution is 0.102. The Balaban J connectivity index is 1.58. The fourth-order valence-electron chi connectivity index (χ4n) is 3.34. The zero-order chi connectivity index (χ0) is 22.5. The summed E-state index contributed by atoms with van der Waals surface area (Å²) in [7, 11) is 4.56. The van der Waals surface area contributed by atoms with E-state index in [9.17, 15) is 4.79 Å². The Morgan fingerprint density at radius 3 is 2.28 bits per heavy atom. The number of anilines is 3. The highest BCUT2D eigenvalue weighted by molar-refractivity contribution is 6.05. The Morgan fingerprint density at radius 2 is 1.56 bits per heavy atom. The Morgan fingerprint density at radius 1 is 0.844 bits per heavy atom. The van der Waals surface area contributed by atoms with Crippen molar-refractivity contribution < 1.29 is 19.0 Å². The van der Waals surface area contributed by atoms with Crippen LogP contribution in [0.2, 0.25) is 0 Å². The van der Waals surface area contributed by atoms with Crippen LogP contribution in [0.1, 0.15) is 10.4 Å². The number of hydrogen-bond donors (Lipinski definition) is 2. The first kappa shape index (κ1) is 20.9. The first-order valence-electron chi connectivity index (χ1n) is 9.81. The summed E-state index contributed by atoms with van der Waals surface area (Å²) < 4.78 is 16.0. The molecule has 0 atom stereocenters. The number of methoxy groups -OCH3 is 3. The molecular weight excluding hydrogens is 408 g/mol. The van der Waals surface area contributed by atoms with E-state index in [1.807, 2.05) is 30.3 Å². The van der Waals surface area contributed by atoms with Gasteiger partial charge in [0.1, 0.15) is 11.6 Å². The summed E-state index contributed by atoms with van der Waals surface area (Å²) in [5, 5.41) is 8.07. The lowest BCUT2D eigenvalue weighted by Gasteiger charge is -2.15. The van der Waals surface area contributed by atoms with E-state index in [0.29, 0.717) is 40.1 Å². The molecule has 0 bridgehead atoms. The molecule has 2 heterocycles. The number of nitrogens with one attached hydrogen (secondary N) is 2. The van der Waals surface area contributed by atoms with Gasteiger partial charge in [0.25, 0.3) is 5.91 Å². The maximum atomic E-state index is 12.9. The molecule has 8 heteroatoms. The zero-order valence-electron chi connectivity index (χ0n) is 17.9. The largest absolute Gasteiger partial charge is 0.493 e. The summed E-state index contributed by atoms with van der Waals surface area (Å²) in [5.41, 5.74) is 0.933. The van der Waals surface area contributed by atoms with Gasteiger partial charge in [-0.15, -0.1) is 0 Å². The molecule has 0 aliphatic heterocycles. The van der Waals surface area contributed by atoms with Crippen molar-refractivity contribution in [3.05, 3.63) is 72.6 Å². The molecule has 0 unspecified atom stereocenters. The van der Waals surface area contributed by atoms with Crippen LogP contribution in [0.3, 0.4) is 0 Å². The minimum atomic E-state index is -0.310. The van der Waals surface area contributed by atoms with E-state index in [-0.39, 0.29) is 5.91 Å². The number of ether oxygens (including phenoxy) is 3.